The van der Waals surface area contributed by atoms with Crippen LogP contribution in [-0.2, 0) is 16.0 Å². The van der Waals surface area contributed by atoms with Gasteiger partial charge in [-0.3, -0.25) is 4.79 Å². The fourth-order valence-electron chi connectivity index (χ4n) is 4.89. The lowest BCUT2D eigenvalue weighted by Crippen LogP contribution is -2.29. The Bertz CT molecular complexity index is 755. The highest BCUT2D eigenvalue weighted by molar-refractivity contribution is 5.72. The minimum atomic E-state index is 0.0224. The first kappa shape index (κ1) is 22.3. The molecule has 30 heavy (non-hydrogen) atoms. The quantitative estimate of drug-likeness (QED) is 0.290. The standard InChI is InChI=1S/C27H35NO2/c1-2-6-21-8-12-23(13-9-21)24-16-18-26(19-17-24)30-27(29)25-14-10-22(11-15-25)7-4-3-5-20-28/h3-5,7-9,12-13,22,24-26H,2,6,10-11,14-19H2,1H3. The second-order valence-electron chi connectivity index (χ2n) is 8.89. The van der Waals surface area contributed by atoms with Gasteiger partial charge in [0.2, 0.25) is 0 Å². The molecule has 2 fully saturated rings. The lowest BCUT2D eigenvalue weighted by molar-refractivity contribution is -0.157. The van der Waals surface area contributed by atoms with E-state index in [1.807, 2.05) is 12.1 Å². The van der Waals surface area contributed by atoms with Crippen LogP contribution in [0.5, 0.6) is 0 Å². The molecule has 2 aliphatic rings. The summed E-state index contributed by atoms with van der Waals surface area (Å²) < 4.78 is 5.91. The van der Waals surface area contributed by atoms with Crippen molar-refractivity contribution in [2.45, 2.75) is 83.2 Å². The van der Waals surface area contributed by atoms with Crippen molar-refractivity contribution in [3.05, 3.63) is 59.7 Å². The van der Waals surface area contributed by atoms with E-state index >= 15 is 0 Å². The average molecular weight is 406 g/mol. The van der Waals surface area contributed by atoms with Crippen LogP contribution >= 0.6 is 0 Å². The second-order valence-corrected chi connectivity index (χ2v) is 8.89. The van der Waals surface area contributed by atoms with Crippen molar-refractivity contribution in [2.24, 2.45) is 11.8 Å². The van der Waals surface area contributed by atoms with Crippen LogP contribution in [0.4, 0.5) is 0 Å². The summed E-state index contributed by atoms with van der Waals surface area (Å²) in [6.07, 6.45) is 17.9. The van der Waals surface area contributed by atoms with E-state index in [1.54, 1.807) is 6.08 Å². The highest BCUT2D eigenvalue weighted by Crippen LogP contribution is 2.36. The Kier molecular flexibility index (Phi) is 8.75. The van der Waals surface area contributed by atoms with E-state index in [-0.39, 0.29) is 18.0 Å². The minimum Gasteiger partial charge on any atom is -0.462 e. The van der Waals surface area contributed by atoms with Crippen LogP contribution in [0.2, 0.25) is 0 Å². The van der Waals surface area contributed by atoms with Crippen LogP contribution in [0.3, 0.4) is 0 Å². The molecule has 0 aliphatic heterocycles. The zero-order valence-electron chi connectivity index (χ0n) is 18.3. The Labute approximate surface area is 181 Å². The number of nitriles is 1. The van der Waals surface area contributed by atoms with Crippen LogP contribution < -0.4 is 0 Å². The third-order valence-electron chi connectivity index (χ3n) is 6.72. The largest absolute Gasteiger partial charge is 0.462 e. The summed E-state index contributed by atoms with van der Waals surface area (Å²) in [6, 6.07) is 11.1. The Balaban J connectivity index is 1.39. The minimum absolute atomic E-state index is 0.0224. The van der Waals surface area contributed by atoms with Crippen molar-refractivity contribution < 1.29 is 9.53 Å². The Morgan fingerprint density at radius 1 is 1.03 bits per heavy atom. The van der Waals surface area contributed by atoms with Gasteiger partial charge in [-0.05, 0) is 80.8 Å². The van der Waals surface area contributed by atoms with Crippen LogP contribution in [0.25, 0.3) is 0 Å². The average Bonchev–Trinajstić information content (AvgIpc) is 2.78. The van der Waals surface area contributed by atoms with Crippen molar-refractivity contribution in [2.75, 3.05) is 0 Å². The molecule has 0 bridgehead atoms. The van der Waals surface area contributed by atoms with E-state index < -0.39 is 0 Å². The zero-order chi connectivity index (χ0) is 21.2. The molecular weight excluding hydrogens is 370 g/mol. The SMILES string of the molecule is CCCc1ccc(C2CCC(OC(=O)C3CCC(C=CC=CC#N)CC3)CC2)cc1. The highest BCUT2D eigenvalue weighted by Gasteiger charge is 2.30. The fraction of sp³-hybridized carbons (Fsp3) is 0.556. The second kappa shape index (κ2) is 11.7. The van der Waals surface area contributed by atoms with Crippen LogP contribution in [-0.4, -0.2) is 12.1 Å². The number of benzene rings is 1. The van der Waals surface area contributed by atoms with E-state index in [4.69, 9.17) is 10.00 Å². The summed E-state index contributed by atoms with van der Waals surface area (Å²) in [4.78, 5) is 12.6. The Hall–Kier alpha value is -2.34. The number of aryl methyl sites for hydroxylation is 1. The van der Waals surface area contributed by atoms with E-state index in [0.717, 1.165) is 57.8 Å². The first-order valence-electron chi connectivity index (χ1n) is 11.7. The number of carbonyl (C=O) groups excluding carboxylic acids is 1. The van der Waals surface area contributed by atoms with Gasteiger partial charge in [-0.1, -0.05) is 55.8 Å². The van der Waals surface area contributed by atoms with Gasteiger partial charge in [-0.15, -0.1) is 0 Å². The molecule has 2 saturated carbocycles. The number of hydrogen-bond acceptors (Lipinski definition) is 3. The number of esters is 1. The molecular formula is C27H35NO2. The fourth-order valence-corrected chi connectivity index (χ4v) is 4.89. The van der Waals surface area contributed by atoms with Gasteiger partial charge in [-0.25, -0.2) is 0 Å². The number of carbonyl (C=O) groups is 1. The van der Waals surface area contributed by atoms with Gasteiger partial charge in [0.1, 0.15) is 6.10 Å². The first-order valence-corrected chi connectivity index (χ1v) is 11.7. The predicted octanol–water partition coefficient (Wildman–Crippen LogP) is 6.65. The van der Waals surface area contributed by atoms with Gasteiger partial charge in [0.25, 0.3) is 0 Å². The van der Waals surface area contributed by atoms with Gasteiger partial charge in [-0.2, -0.15) is 5.26 Å². The molecule has 0 atom stereocenters. The van der Waals surface area contributed by atoms with Crippen LogP contribution in [0, 0.1) is 23.2 Å². The van der Waals surface area contributed by atoms with Crippen LogP contribution in [0.15, 0.2) is 48.6 Å². The van der Waals surface area contributed by atoms with Gasteiger partial charge >= 0.3 is 5.97 Å². The predicted molar refractivity (Wildman–Crippen MR) is 121 cm³/mol. The van der Waals surface area contributed by atoms with Crippen LogP contribution in [0.1, 0.15) is 81.8 Å². The smallest absolute Gasteiger partial charge is 0.309 e. The summed E-state index contributed by atoms with van der Waals surface area (Å²) in [5.74, 6) is 1.20. The summed E-state index contributed by atoms with van der Waals surface area (Å²) in [5.41, 5.74) is 2.86. The third kappa shape index (κ3) is 6.59. The Morgan fingerprint density at radius 3 is 2.37 bits per heavy atom. The summed E-state index contributed by atoms with van der Waals surface area (Å²) in [6.45, 7) is 2.22. The summed E-state index contributed by atoms with van der Waals surface area (Å²) in [5, 5.41) is 8.51. The maximum Gasteiger partial charge on any atom is 0.309 e. The van der Waals surface area contributed by atoms with Crippen molar-refractivity contribution >= 4 is 5.97 Å². The monoisotopic (exact) mass is 405 g/mol. The molecule has 0 radical (unpaired) electrons. The number of rotatable bonds is 7. The molecule has 0 unspecified atom stereocenters. The normalized spacial score (nSPS) is 27.2. The zero-order valence-corrected chi connectivity index (χ0v) is 18.3. The molecule has 160 valence electrons. The van der Waals surface area contributed by atoms with Gasteiger partial charge in [0, 0.05) is 6.08 Å². The first-order chi connectivity index (χ1) is 14.7. The lowest BCUT2D eigenvalue weighted by Gasteiger charge is -2.31. The van der Waals surface area contributed by atoms with E-state index in [9.17, 15) is 4.79 Å². The van der Waals surface area contributed by atoms with Crippen molar-refractivity contribution in [1.29, 1.82) is 5.26 Å². The lowest BCUT2D eigenvalue weighted by atomic mass is 9.81. The summed E-state index contributed by atoms with van der Waals surface area (Å²) >= 11 is 0. The number of nitrogens with zero attached hydrogens (tertiary/aromatic N) is 1. The van der Waals surface area contributed by atoms with E-state index in [1.165, 1.54) is 23.6 Å². The van der Waals surface area contributed by atoms with Gasteiger partial charge < -0.3 is 4.74 Å². The highest BCUT2D eigenvalue weighted by atomic mass is 16.5. The van der Waals surface area contributed by atoms with Crippen molar-refractivity contribution in [3.63, 3.8) is 0 Å². The number of ether oxygens (including phenoxy) is 1. The number of allylic oxidation sites excluding steroid dienone is 4. The molecule has 1 aromatic rings. The van der Waals surface area contributed by atoms with E-state index in [0.29, 0.717) is 11.8 Å². The molecule has 3 heteroatoms. The maximum absolute atomic E-state index is 12.6. The van der Waals surface area contributed by atoms with Gasteiger partial charge in [0.05, 0.1) is 12.0 Å². The molecule has 0 N–H and O–H groups in total. The molecule has 0 heterocycles. The Morgan fingerprint density at radius 2 is 1.73 bits per heavy atom. The topological polar surface area (TPSA) is 50.1 Å². The third-order valence-corrected chi connectivity index (χ3v) is 6.72. The molecule has 2 aliphatic carbocycles. The maximum atomic E-state index is 12.6. The molecule has 3 nitrogen and oxygen atoms in total. The van der Waals surface area contributed by atoms with E-state index in [2.05, 4.69) is 37.3 Å². The molecule has 0 saturated heterocycles. The van der Waals surface area contributed by atoms with Crippen molar-refractivity contribution in [1.82, 2.24) is 0 Å². The number of hydrogen-bond donors (Lipinski definition) is 0. The summed E-state index contributed by atoms with van der Waals surface area (Å²) in [7, 11) is 0. The molecule has 3 rings (SSSR count). The molecule has 0 amide bonds. The molecule has 0 spiro atoms. The van der Waals surface area contributed by atoms with Crippen molar-refractivity contribution in [3.8, 4) is 6.07 Å². The van der Waals surface area contributed by atoms with Gasteiger partial charge in [0.15, 0.2) is 0 Å². The molecule has 1 aromatic carbocycles. The molecule has 0 aromatic heterocycles.